The number of rotatable bonds is 5. The first kappa shape index (κ1) is 24.5. The summed E-state index contributed by atoms with van der Waals surface area (Å²) in [5.74, 6) is -0.554. The van der Waals surface area contributed by atoms with E-state index in [-0.39, 0.29) is 17.7 Å². The molecule has 0 spiro atoms. The molecule has 0 aliphatic heterocycles. The maximum absolute atomic E-state index is 13.4. The molecule has 0 radical (unpaired) electrons. The number of hydrogen-bond donors (Lipinski definition) is 0. The smallest absolute Gasteiger partial charge is 0.416 e. The lowest BCUT2D eigenvalue weighted by Crippen LogP contribution is -2.31. The summed E-state index contributed by atoms with van der Waals surface area (Å²) in [6, 6.07) is 8.94. The summed E-state index contributed by atoms with van der Waals surface area (Å²) < 4.78 is 85.9. The number of hydrogen-bond acceptors (Lipinski definition) is 5. The van der Waals surface area contributed by atoms with Crippen molar-refractivity contribution in [1.82, 2.24) is 9.97 Å². The number of fused-ring (bicyclic) bond motifs is 1. The van der Waals surface area contributed by atoms with Crippen LogP contribution in [-0.2, 0) is 18.9 Å². The second-order valence-corrected chi connectivity index (χ2v) is 8.39. The number of carbonyl (C=O) groups excluding carboxylic acids is 1. The summed E-state index contributed by atoms with van der Waals surface area (Å²) in [6.07, 6.45) is -7.25. The standard InChI is InChI=1S/C23H15F6N3O2S/c1-34-17-4-5-18-19(10-17)35-21(31-18)32(12-13-3-2-6-30-11-13)20(33)14-7-15(22(24,25)26)9-16(8-14)23(27,28)29/h2-11H,12H2,1H3. The van der Waals surface area contributed by atoms with Gasteiger partial charge >= 0.3 is 12.4 Å². The second kappa shape index (κ2) is 9.17. The molecule has 0 saturated carbocycles. The Balaban J connectivity index is 1.84. The highest BCUT2D eigenvalue weighted by atomic mass is 32.1. The Morgan fingerprint density at radius 3 is 2.26 bits per heavy atom. The first-order valence-electron chi connectivity index (χ1n) is 9.90. The first-order chi connectivity index (χ1) is 16.5. The third kappa shape index (κ3) is 5.37. The molecule has 0 fully saturated rings. The van der Waals surface area contributed by atoms with Crippen LogP contribution in [-0.4, -0.2) is 23.0 Å². The van der Waals surface area contributed by atoms with Crippen molar-refractivity contribution in [3.05, 3.63) is 83.2 Å². The number of methoxy groups -OCH3 is 1. The average molecular weight is 511 g/mol. The fourth-order valence-electron chi connectivity index (χ4n) is 3.27. The number of thiazole rings is 1. The maximum Gasteiger partial charge on any atom is 0.416 e. The van der Waals surface area contributed by atoms with E-state index in [9.17, 15) is 31.1 Å². The van der Waals surface area contributed by atoms with Crippen molar-refractivity contribution in [2.75, 3.05) is 12.0 Å². The SMILES string of the molecule is COc1ccc2nc(N(Cc3cccnc3)C(=O)c3cc(C(F)(F)F)cc(C(F)(F)F)c3)sc2c1. The summed E-state index contributed by atoms with van der Waals surface area (Å²) in [5.41, 5.74) is -2.94. The first-order valence-corrected chi connectivity index (χ1v) is 10.7. The van der Waals surface area contributed by atoms with E-state index < -0.39 is 35.0 Å². The van der Waals surface area contributed by atoms with Gasteiger partial charge in [0.25, 0.3) is 5.91 Å². The van der Waals surface area contributed by atoms with Crippen molar-refractivity contribution < 1.29 is 35.9 Å². The van der Waals surface area contributed by atoms with E-state index in [4.69, 9.17) is 4.74 Å². The van der Waals surface area contributed by atoms with Gasteiger partial charge in [0.1, 0.15) is 5.75 Å². The van der Waals surface area contributed by atoms with Gasteiger partial charge in [-0.2, -0.15) is 26.3 Å². The molecule has 2 heterocycles. The summed E-state index contributed by atoms with van der Waals surface area (Å²) in [5, 5.41) is 0.0908. The largest absolute Gasteiger partial charge is 0.497 e. The van der Waals surface area contributed by atoms with Crippen LogP contribution < -0.4 is 9.64 Å². The molecule has 0 N–H and O–H groups in total. The van der Waals surface area contributed by atoms with Gasteiger partial charge in [0, 0.05) is 18.0 Å². The fourth-order valence-corrected chi connectivity index (χ4v) is 4.26. The van der Waals surface area contributed by atoms with Crippen LogP contribution in [0.1, 0.15) is 27.0 Å². The highest BCUT2D eigenvalue weighted by Gasteiger charge is 2.38. The third-order valence-electron chi connectivity index (χ3n) is 4.96. The molecule has 4 aromatic rings. The topological polar surface area (TPSA) is 55.3 Å². The highest BCUT2D eigenvalue weighted by Crippen LogP contribution is 2.38. The Labute approximate surface area is 198 Å². The van der Waals surface area contributed by atoms with E-state index in [0.717, 1.165) is 16.2 Å². The number of aromatic nitrogens is 2. The number of nitrogens with zero attached hydrogens (tertiary/aromatic N) is 3. The number of amides is 1. The van der Waals surface area contributed by atoms with Crippen LogP contribution in [0.2, 0.25) is 0 Å². The van der Waals surface area contributed by atoms with Crippen LogP contribution in [0.25, 0.3) is 10.2 Å². The monoisotopic (exact) mass is 511 g/mol. The molecule has 0 bridgehead atoms. The predicted molar refractivity (Wildman–Crippen MR) is 117 cm³/mol. The Kier molecular flexibility index (Phi) is 6.41. The van der Waals surface area contributed by atoms with E-state index in [1.165, 1.54) is 19.5 Å². The zero-order chi connectivity index (χ0) is 25.4. The number of pyridine rings is 1. The Morgan fingerprint density at radius 2 is 1.69 bits per heavy atom. The van der Waals surface area contributed by atoms with Gasteiger partial charge in [0.05, 0.1) is 35.0 Å². The molecule has 182 valence electrons. The molecule has 12 heteroatoms. The van der Waals surface area contributed by atoms with Crippen LogP contribution in [0.4, 0.5) is 31.5 Å². The Bertz CT molecular complexity index is 1340. The van der Waals surface area contributed by atoms with Crippen molar-refractivity contribution in [1.29, 1.82) is 0 Å². The Morgan fingerprint density at radius 1 is 1.00 bits per heavy atom. The van der Waals surface area contributed by atoms with Gasteiger partial charge in [-0.05, 0) is 48.0 Å². The number of ether oxygens (including phenoxy) is 1. The van der Waals surface area contributed by atoms with Gasteiger partial charge in [0.2, 0.25) is 0 Å². The minimum atomic E-state index is -5.09. The van der Waals surface area contributed by atoms with Crippen LogP contribution >= 0.6 is 11.3 Å². The lowest BCUT2D eigenvalue weighted by Gasteiger charge is -2.21. The van der Waals surface area contributed by atoms with E-state index in [1.807, 2.05) is 0 Å². The maximum atomic E-state index is 13.4. The zero-order valence-corrected chi connectivity index (χ0v) is 18.6. The van der Waals surface area contributed by atoms with Crippen LogP contribution in [0.3, 0.4) is 0 Å². The van der Waals surface area contributed by atoms with Gasteiger partial charge in [-0.15, -0.1) is 0 Å². The van der Waals surface area contributed by atoms with Crippen molar-refractivity contribution in [3.63, 3.8) is 0 Å². The van der Waals surface area contributed by atoms with Crippen molar-refractivity contribution in [2.24, 2.45) is 0 Å². The molecule has 5 nitrogen and oxygen atoms in total. The summed E-state index contributed by atoms with van der Waals surface area (Å²) in [6.45, 7) is -0.179. The molecule has 35 heavy (non-hydrogen) atoms. The minimum absolute atomic E-state index is 0.0216. The average Bonchev–Trinajstić information content (AvgIpc) is 3.24. The lowest BCUT2D eigenvalue weighted by molar-refractivity contribution is -0.143. The number of anilines is 1. The van der Waals surface area contributed by atoms with Gasteiger partial charge in [0.15, 0.2) is 5.13 Å². The van der Waals surface area contributed by atoms with Crippen LogP contribution in [0.15, 0.2) is 60.9 Å². The fraction of sp³-hybridized carbons (Fsp3) is 0.174. The number of halogens is 6. The molecule has 0 saturated heterocycles. The summed E-state index contributed by atoms with van der Waals surface area (Å²) in [7, 11) is 1.47. The zero-order valence-electron chi connectivity index (χ0n) is 17.8. The third-order valence-corrected chi connectivity index (χ3v) is 6.00. The summed E-state index contributed by atoms with van der Waals surface area (Å²) in [4.78, 5) is 22.8. The van der Waals surface area contributed by atoms with Gasteiger partial charge in [-0.1, -0.05) is 17.4 Å². The molecule has 1 amide bonds. The van der Waals surface area contributed by atoms with E-state index in [2.05, 4.69) is 9.97 Å². The molecule has 2 aromatic heterocycles. The number of carbonyl (C=O) groups is 1. The van der Waals surface area contributed by atoms with Gasteiger partial charge in [-0.3, -0.25) is 14.7 Å². The van der Waals surface area contributed by atoms with Gasteiger partial charge < -0.3 is 4.74 Å². The van der Waals surface area contributed by atoms with Crippen molar-refractivity contribution >= 4 is 32.6 Å². The van der Waals surface area contributed by atoms with Crippen molar-refractivity contribution in [3.8, 4) is 5.75 Å². The summed E-state index contributed by atoms with van der Waals surface area (Å²) >= 11 is 1.05. The van der Waals surface area contributed by atoms with Crippen LogP contribution in [0, 0.1) is 0 Å². The predicted octanol–water partition coefficient (Wildman–Crippen LogP) is 6.58. The molecule has 0 aliphatic rings. The quantitative estimate of drug-likeness (QED) is 0.284. The van der Waals surface area contributed by atoms with E-state index in [0.29, 0.717) is 33.7 Å². The number of benzene rings is 2. The lowest BCUT2D eigenvalue weighted by atomic mass is 10.0. The minimum Gasteiger partial charge on any atom is -0.497 e. The van der Waals surface area contributed by atoms with Crippen molar-refractivity contribution in [2.45, 2.75) is 18.9 Å². The highest BCUT2D eigenvalue weighted by molar-refractivity contribution is 7.22. The second-order valence-electron chi connectivity index (χ2n) is 7.38. The van der Waals surface area contributed by atoms with E-state index in [1.54, 1.807) is 30.3 Å². The molecule has 0 aliphatic carbocycles. The molecular weight excluding hydrogens is 496 g/mol. The molecule has 0 unspecified atom stereocenters. The Hall–Kier alpha value is -3.67. The van der Waals surface area contributed by atoms with Crippen LogP contribution in [0.5, 0.6) is 5.75 Å². The molecule has 4 rings (SSSR count). The molecule has 0 atom stereocenters. The van der Waals surface area contributed by atoms with Gasteiger partial charge in [-0.25, -0.2) is 4.98 Å². The molecule has 2 aromatic carbocycles. The van der Waals surface area contributed by atoms with E-state index >= 15 is 0 Å². The normalized spacial score (nSPS) is 12.1. The molecular formula is C23H15F6N3O2S. The number of alkyl halides is 6.